The van der Waals surface area contributed by atoms with Crippen LogP contribution in [0.4, 0.5) is 4.79 Å². The first-order valence-corrected chi connectivity index (χ1v) is 10.8. The zero-order valence-electron chi connectivity index (χ0n) is 16.7. The molecular weight excluding hydrogens is 376 g/mol. The van der Waals surface area contributed by atoms with Gasteiger partial charge in [0, 0.05) is 6.26 Å². The normalized spacial score (nSPS) is 19.8. The van der Waals surface area contributed by atoms with Crippen molar-refractivity contribution in [3.05, 3.63) is 64.2 Å². The maximum Gasteiger partial charge on any atom is 0.325 e. The molecule has 3 amide bonds. The maximum atomic E-state index is 13.1. The van der Waals surface area contributed by atoms with E-state index >= 15 is 0 Å². The lowest BCUT2D eigenvalue weighted by atomic mass is 9.92. The van der Waals surface area contributed by atoms with E-state index in [-0.39, 0.29) is 17.3 Å². The number of nitrogens with one attached hydrogen (secondary N) is 1. The Morgan fingerprint density at radius 3 is 2.04 bits per heavy atom. The van der Waals surface area contributed by atoms with Gasteiger partial charge in [0.25, 0.3) is 5.91 Å². The molecule has 2 aromatic rings. The van der Waals surface area contributed by atoms with Crippen LogP contribution in [0.15, 0.2) is 41.3 Å². The second kappa shape index (κ2) is 6.74. The molecule has 1 aliphatic heterocycles. The summed E-state index contributed by atoms with van der Waals surface area (Å²) in [6, 6.07) is 9.65. The largest absolute Gasteiger partial charge is 0.325 e. The lowest BCUT2D eigenvalue weighted by Crippen LogP contribution is -2.40. The molecule has 0 radical (unpaired) electrons. The average Bonchev–Trinajstić information content (AvgIpc) is 2.81. The summed E-state index contributed by atoms with van der Waals surface area (Å²) in [4.78, 5) is 27.1. The minimum atomic E-state index is -3.33. The highest BCUT2D eigenvalue weighted by Gasteiger charge is 2.49. The third-order valence-electron chi connectivity index (χ3n) is 5.29. The van der Waals surface area contributed by atoms with Crippen molar-refractivity contribution in [3.8, 4) is 0 Å². The molecule has 28 heavy (non-hydrogen) atoms. The van der Waals surface area contributed by atoms with Crippen LogP contribution in [0.5, 0.6) is 0 Å². The van der Waals surface area contributed by atoms with Gasteiger partial charge in [0.2, 0.25) is 0 Å². The molecule has 3 rings (SSSR count). The number of benzene rings is 2. The van der Waals surface area contributed by atoms with Crippen molar-refractivity contribution in [2.75, 3.05) is 6.26 Å². The van der Waals surface area contributed by atoms with Gasteiger partial charge in [-0.15, -0.1) is 0 Å². The standard InChI is InChI=1S/C21H24N2O4S/c1-13-10-14(2)18(15(3)11-13)12-23-19(24)21(4,22-20(23)25)16-6-8-17(9-7-16)28(5,26)27/h6-11H,12H2,1-5H3,(H,22,25)/t21-/m1/s1. The summed E-state index contributed by atoms with van der Waals surface area (Å²) in [6.45, 7) is 7.78. The molecule has 0 unspecified atom stereocenters. The van der Waals surface area contributed by atoms with Crippen LogP contribution in [0.2, 0.25) is 0 Å². The molecule has 1 heterocycles. The van der Waals surface area contributed by atoms with Gasteiger partial charge in [-0.05, 0) is 62.1 Å². The number of carbonyl (C=O) groups is 2. The van der Waals surface area contributed by atoms with Gasteiger partial charge in [0.05, 0.1) is 11.4 Å². The molecule has 1 fully saturated rings. The molecule has 1 saturated heterocycles. The minimum absolute atomic E-state index is 0.166. The van der Waals surface area contributed by atoms with Gasteiger partial charge in [-0.3, -0.25) is 9.69 Å². The highest BCUT2D eigenvalue weighted by molar-refractivity contribution is 7.90. The smallest absolute Gasteiger partial charge is 0.319 e. The van der Waals surface area contributed by atoms with E-state index in [4.69, 9.17) is 0 Å². The van der Waals surface area contributed by atoms with Crippen molar-refractivity contribution in [3.63, 3.8) is 0 Å². The van der Waals surface area contributed by atoms with Crippen LogP contribution < -0.4 is 5.32 Å². The molecule has 0 bridgehead atoms. The molecule has 1 atom stereocenters. The topological polar surface area (TPSA) is 83.6 Å². The third kappa shape index (κ3) is 3.42. The summed E-state index contributed by atoms with van der Waals surface area (Å²) in [5.74, 6) is -0.357. The Morgan fingerprint density at radius 2 is 1.54 bits per heavy atom. The van der Waals surface area contributed by atoms with Crippen LogP contribution in [-0.2, 0) is 26.7 Å². The number of hydrogen-bond donors (Lipinski definition) is 1. The predicted molar refractivity (Wildman–Crippen MR) is 107 cm³/mol. The van der Waals surface area contributed by atoms with E-state index in [0.29, 0.717) is 5.56 Å². The van der Waals surface area contributed by atoms with Gasteiger partial charge in [-0.25, -0.2) is 13.2 Å². The molecule has 0 saturated carbocycles. The number of carbonyl (C=O) groups excluding carboxylic acids is 2. The lowest BCUT2D eigenvalue weighted by Gasteiger charge is -2.23. The number of urea groups is 1. The van der Waals surface area contributed by atoms with Crippen molar-refractivity contribution < 1.29 is 18.0 Å². The monoisotopic (exact) mass is 400 g/mol. The van der Waals surface area contributed by atoms with Crippen LogP contribution in [0, 0.1) is 20.8 Å². The highest BCUT2D eigenvalue weighted by Crippen LogP contribution is 2.31. The summed E-state index contributed by atoms with van der Waals surface area (Å²) in [5, 5.41) is 2.76. The Bertz CT molecular complexity index is 1050. The summed E-state index contributed by atoms with van der Waals surface area (Å²) in [5.41, 5.74) is 3.45. The maximum absolute atomic E-state index is 13.1. The second-order valence-corrected chi connectivity index (χ2v) is 9.64. The van der Waals surface area contributed by atoms with Gasteiger partial charge in [-0.1, -0.05) is 29.8 Å². The number of amides is 3. The van der Waals surface area contributed by atoms with Crippen LogP contribution >= 0.6 is 0 Å². The number of sulfone groups is 1. The molecule has 0 aliphatic carbocycles. The van der Waals surface area contributed by atoms with E-state index in [2.05, 4.69) is 5.32 Å². The summed E-state index contributed by atoms with van der Waals surface area (Å²) >= 11 is 0. The highest BCUT2D eigenvalue weighted by atomic mass is 32.2. The summed E-state index contributed by atoms with van der Waals surface area (Å²) in [6.07, 6.45) is 1.13. The molecule has 7 heteroatoms. The predicted octanol–water partition coefficient (Wildman–Crippen LogP) is 2.98. The minimum Gasteiger partial charge on any atom is -0.319 e. The Morgan fingerprint density at radius 1 is 1.00 bits per heavy atom. The van der Waals surface area contributed by atoms with E-state index in [1.54, 1.807) is 19.1 Å². The van der Waals surface area contributed by atoms with Gasteiger partial charge < -0.3 is 5.32 Å². The van der Waals surface area contributed by atoms with Crippen molar-refractivity contribution >= 4 is 21.8 Å². The first kappa shape index (κ1) is 20.1. The molecule has 0 spiro atoms. The fourth-order valence-corrected chi connectivity index (χ4v) is 4.32. The molecule has 0 aromatic heterocycles. The second-order valence-electron chi connectivity index (χ2n) is 7.62. The number of aryl methyl sites for hydroxylation is 3. The molecule has 1 N–H and O–H groups in total. The molecule has 6 nitrogen and oxygen atoms in total. The number of hydrogen-bond acceptors (Lipinski definition) is 4. The fraction of sp³-hybridized carbons (Fsp3) is 0.333. The van der Waals surface area contributed by atoms with Crippen LogP contribution in [0.25, 0.3) is 0 Å². The van der Waals surface area contributed by atoms with Gasteiger partial charge in [0.1, 0.15) is 5.54 Å². The molecule has 1 aliphatic rings. The summed E-state index contributed by atoms with van der Waals surface area (Å²) < 4.78 is 23.3. The van der Waals surface area contributed by atoms with E-state index in [1.807, 2.05) is 32.9 Å². The van der Waals surface area contributed by atoms with Crippen molar-refractivity contribution in [1.82, 2.24) is 10.2 Å². The van der Waals surface area contributed by atoms with E-state index in [1.165, 1.54) is 17.0 Å². The quantitative estimate of drug-likeness (QED) is 0.800. The van der Waals surface area contributed by atoms with Gasteiger partial charge in [0.15, 0.2) is 9.84 Å². The number of rotatable bonds is 4. The van der Waals surface area contributed by atoms with Gasteiger partial charge >= 0.3 is 6.03 Å². The number of nitrogens with zero attached hydrogens (tertiary/aromatic N) is 1. The van der Waals surface area contributed by atoms with Crippen molar-refractivity contribution in [2.45, 2.75) is 44.7 Å². The fourth-order valence-electron chi connectivity index (χ4n) is 3.69. The first-order chi connectivity index (χ1) is 12.9. The van der Waals surface area contributed by atoms with Crippen molar-refractivity contribution in [2.24, 2.45) is 0 Å². The van der Waals surface area contributed by atoms with Crippen LogP contribution in [-0.4, -0.2) is 31.5 Å². The SMILES string of the molecule is Cc1cc(C)c(CN2C(=O)N[C@](C)(c3ccc(S(C)(=O)=O)cc3)C2=O)c(C)c1. The van der Waals surface area contributed by atoms with Crippen LogP contribution in [0.3, 0.4) is 0 Å². The Balaban J connectivity index is 1.93. The summed E-state index contributed by atoms with van der Waals surface area (Å²) in [7, 11) is -3.33. The van der Waals surface area contributed by atoms with Gasteiger partial charge in [-0.2, -0.15) is 0 Å². The average molecular weight is 401 g/mol. The zero-order valence-corrected chi connectivity index (χ0v) is 17.5. The van der Waals surface area contributed by atoms with E-state index in [0.717, 1.165) is 28.5 Å². The van der Waals surface area contributed by atoms with Crippen LogP contribution in [0.1, 0.15) is 34.7 Å². The first-order valence-electron chi connectivity index (χ1n) is 8.95. The van der Waals surface area contributed by atoms with E-state index < -0.39 is 21.4 Å². The Kier molecular flexibility index (Phi) is 4.83. The van der Waals surface area contributed by atoms with E-state index in [9.17, 15) is 18.0 Å². The van der Waals surface area contributed by atoms with Crippen molar-refractivity contribution in [1.29, 1.82) is 0 Å². The number of imide groups is 1. The molecular formula is C21H24N2O4S. The Hall–Kier alpha value is -2.67. The lowest BCUT2D eigenvalue weighted by molar-refractivity contribution is -0.131. The zero-order chi connectivity index (χ0) is 20.9. The third-order valence-corrected chi connectivity index (χ3v) is 6.42. The molecule has 148 valence electrons. The Labute approximate surface area is 165 Å². The molecule has 2 aromatic carbocycles.